The van der Waals surface area contributed by atoms with Crippen LogP contribution >= 0.6 is 0 Å². The SMILES string of the molecule is NCCCCCC(N[C@@H](CCCCN)C(=O)N1CCC[C@H]1C(=O)O)C(=O)O. The Hall–Kier alpha value is -1.71. The molecule has 0 aromatic heterocycles. The van der Waals surface area contributed by atoms with Gasteiger partial charge in [0.25, 0.3) is 0 Å². The van der Waals surface area contributed by atoms with E-state index in [2.05, 4.69) is 5.32 Å². The number of carbonyl (C=O) groups excluding carboxylic acids is 1. The summed E-state index contributed by atoms with van der Waals surface area (Å²) in [4.78, 5) is 37.3. The molecule has 1 unspecified atom stereocenters. The molecule has 3 atom stereocenters. The van der Waals surface area contributed by atoms with Crippen LogP contribution in [0.15, 0.2) is 0 Å². The van der Waals surface area contributed by atoms with Gasteiger partial charge in [0, 0.05) is 6.54 Å². The number of hydrogen-bond donors (Lipinski definition) is 5. The van der Waals surface area contributed by atoms with E-state index in [1.165, 1.54) is 4.90 Å². The zero-order valence-corrected chi connectivity index (χ0v) is 15.9. The smallest absolute Gasteiger partial charge is 0.326 e. The largest absolute Gasteiger partial charge is 0.480 e. The van der Waals surface area contributed by atoms with Crippen molar-refractivity contribution in [3.8, 4) is 0 Å². The monoisotopic (exact) mass is 386 g/mol. The molecule has 0 bridgehead atoms. The summed E-state index contributed by atoms with van der Waals surface area (Å²) >= 11 is 0. The molecule has 0 radical (unpaired) electrons. The summed E-state index contributed by atoms with van der Waals surface area (Å²) in [6.45, 7) is 1.44. The van der Waals surface area contributed by atoms with Gasteiger partial charge in [0.2, 0.25) is 5.91 Å². The zero-order chi connectivity index (χ0) is 20.2. The maximum absolute atomic E-state index is 12.9. The van der Waals surface area contributed by atoms with Crippen molar-refractivity contribution in [2.45, 2.75) is 75.9 Å². The average molecular weight is 386 g/mol. The van der Waals surface area contributed by atoms with Crippen molar-refractivity contribution >= 4 is 17.8 Å². The standard InChI is InChI=1S/C18H34N4O5/c19-10-4-1-2-8-14(17(24)25)21-13(7-3-5-11-20)16(23)22-12-6-9-15(22)18(26)27/h13-15,21H,1-12,19-20H2,(H,24,25)(H,26,27)/t13-,14?,15-/m0/s1. The van der Waals surface area contributed by atoms with E-state index in [1.54, 1.807) is 0 Å². The lowest BCUT2D eigenvalue weighted by Crippen LogP contribution is -2.54. The summed E-state index contributed by atoms with van der Waals surface area (Å²) in [5.41, 5.74) is 11.0. The van der Waals surface area contributed by atoms with E-state index >= 15 is 0 Å². The van der Waals surface area contributed by atoms with Gasteiger partial charge in [0.1, 0.15) is 12.1 Å². The number of carboxylic acid groups (broad SMARTS) is 2. The molecule has 0 saturated carbocycles. The molecule has 0 aliphatic carbocycles. The minimum Gasteiger partial charge on any atom is -0.480 e. The van der Waals surface area contributed by atoms with E-state index in [-0.39, 0.29) is 5.91 Å². The average Bonchev–Trinajstić information content (AvgIpc) is 3.12. The zero-order valence-electron chi connectivity index (χ0n) is 15.9. The summed E-state index contributed by atoms with van der Waals surface area (Å²) in [5, 5.41) is 21.8. The molecule has 0 spiro atoms. The van der Waals surface area contributed by atoms with Gasteiger partial charge in [-0.3, -0.25) is 14.9 Å². The number of nitrogens with zero attached hydrogens (tertiary/aromatic N) is 1. The van der Waals surface area contributed by atoms with E-state index in [1.807, 2.05) is 0 Å². The van der Waals surface area contributed by atoms with E-state index in [9.17, 15) is 24.6 Å². The first-order valence-electron chi connectivity index (χ1n) is 9.84. The third-order valence-electron chi connectivity index (χ3n) is 4.96. The maximum Gasteiger partial charge on any atom is 0.326 e. The lowest BCUT2D eigenvalue weighted by molar-refractivity contribution is -0.149. The highest BCUT2D eigenvalue weighted by molar-refractivity contribution is 5.88. The number of nitrogens with one attached hydrogen (secondary N) is 1. The highest BCUT2D eigenvalue weighted by Crippen LogP contribution is 2.20. The van der Waals surface area contributed by atoms with Crippen LogP contribution in [0.1, 0.15) is 57.8 Å². The number of aliphatic carboxylic acids is 2. The molecular weight excluding hydrogens is 352 g/mol. The molecule has 1 heterocycles. The normalized spacial score (nSPS) is 19.0. The molecular formula is C18H34N4O5. The number of carboxylic acids is 2. The third kappa shape index (κ3) is 7.82. The van der Waals surface area contributed by atoms with Crippen molar-refractivity contribution < 1.29 is 24.6 Å². The first-order chi connectivity index (χ1) is 12.9. The lowest BCUT2D eigenvalue weighted by Gasteiger charge is -2.29. The Morgan fingerprint density at radius 1 is 0.963 bits per heavy atom. The molecule has 9 heteroatoms. The Kier molecular flexibility index (Phi) is 10.9. The second-order valence-electron chi connectivity index (χ2n) is 7.06. The van der Waals surface area contributed by atoms with Crippen molar-refractivity contribution in [3.05, 3.63) is 0 Å². The molecule has 7 N–H and O–H groups in total. The number of nitrogens with two attached hydrogens (primary N) is 2. The summed E-state index contributed by atoms with van der Waals surface area (Å²) in [6.07, 6.45) is 5.67. The minimum absolute atomic E-state index is 0.329. The molecule has 1 aliphatic heterocycles. The van der Waals surface area contributed by atoms with Gasteiger partial charge in [0.05, 0.1) is 6.04 Å². The topological polar surface area (TPSA) is 159 Å². The van der Waals surface area contributed by atoms with Crippen LogP contribution in [-0.2, 0) is 14.4 Å². The second kappa shape index (κ2) is 12.6. The number of carbonyl (C=O) groups is 3. The van der Waals surface area contributed by atoms with Crippen LogP contribution in [0.2, 0.25) is 0 Å². The number of amides is 1. The van der Waals surface area contributed by atoms with Crippen LogP contribution in [0.3, 0.4) is 0 Å². The Bertz CT molecular complexity index is 488. The minimum atomic E-state index is -1.02. The number of likely N-dealkylation sites (tertiary alicyclic amines) is 1. The predicted molar refractivity (Wildman–Crippen MR) is 101 cm³/mol. The van der Waals surface area contributed by atoms with E-state index in [0.717, 1.165) is 19.3 Å². The van der Waals surface area contributed by atoms with Crippen LogP contribution in [0.25, 0.3) is 0 Å². The van der Waals surface area contributed by atoms with Crippen LogP contribution in [-0.4, -0.2) is 70.7 Å². The molecule has 1 amide bonds. The van der Waals surface area contributed by atoms with Crippen LogP contribution in [0.5, 0.6) is 0 Å². The summed E-state index contributed by atoms with van der Waals surface area (Å²) in [6, 6.07) is -2.39. The van der Waals surface area contributed by atoms with Gasteiger partial charge >= 0.3 is 11.9 Å². The quantitative estimate of drug-likeness (QED) is 0.263. The fraction of sp³-hybridized carbons (Fsp3) is 0.833. The molecule has 1 saturated heterocycles. The van der Waals surface area contributed by atoms with E-state index in [0.29, 0.717) is 58.2 Å². The van der Waals surface area contributed by atoms with Crippen molar-refractivity contribution in [2.75, 3.05) is 19.6 Å². The van der Waals surface area contributed by atoms with Gasteiger partial charge in [-0.1, -0.05) is 19.3 Å². The van der Waals surface area contributed by atoms with Gasteiger partial charge in [-0.2, -0.15) is 0 Å². The first kappa shape index (κ1) is 23.3. The maximum atomic E-state index is 12.9. The van der Waals surface area contributed by atoms with Gasteiger partial charge in [-0.15, -0.1) is 0 Å². The van der Waals surface area contributed by atoms with Gasteiger partial charge in [-0.25, -0.2) is 4.79 Å². The molecule has 0 aromatic rings. The van der Waals surface area contributed by atoms with Gasteiger partial charge < -0.3 is 26.6 Å². The van der Waals surface area contributed by atoms with Crippen LogP contribution < -0.4 is 16.8 Å². The van der Waals surface area contributed by atoms with Crippen molar-refractivity contribution in [1.29, 1.82) is 0 Å². The van der Waals surface area contributed by atoms with Crippen LogP contribution in [0, 0.1) is 0 Å². The highest BCUT2D eigenvalue weighted by atomic mass is 16.4. The van der Waals surface area contributed by atoms with Gasteiger partial charge in [0.15, 0.2) is 0 Å². The lowest BCUT2D eigenvalue weighted by atomic mass is 10.0. The number of unbranched alkanes of at least 4 members (excludes halogenated alkanes) is 3. The van der Waals surface area contributed by atoms with Crippen LogP contribution in [0.4, 0.5) is 0 Å². The molecule has 1 rings (SSSR count). The molecule has 27 heavy (non-hydrogen) atoms. The Morgan fingerprint density at radius 2 is 1.56 bits per heavy atom. The number of rotatable bonds is 14. The van der Waals surface area contributed by atoms with Gasteiger partial charge in [-0.05, 0) is 51.6 Å². The summed E-state index contributed by atoms with van der Waals surface area (Å²) in [5.74, 6) is -2.35. The Labute approximate surface area is 160 Å². The molecule has 1 fully saturated rings. The van der Waals surface area contributed by atoms with E-state index < -0.39 is 30.1 Å². The van der Waals surface area contributed by atoms with Crippen molar-refractivity contribution in [3.63, 3.8) is 0 Å². The summed E-state index contributed by atoms with van der Waals surface area (Å²) < 4.78 is 0. The van der Waals surface area contributed by atoms with Crippen molar-refractivity contribution in [1.82, 2.24) is 10.2 Å². The highest BCUT2D eigenvalue weighted by Gasteiger charge is 2.38. The predicted octanol–water partition coefficient (Wildman–Crippen LogP) is 0.122. The Balaban J connectivity index is 2.79. The molecule has 1 aliphatic rings. The Morgan fingerprint density at radius 3 is 2.15 bits per heavy atom. The third-order valence-corrected chi connectivity index (χ3v) is 4.96. The second-order valence-corrected chi connectivity index (χ2v) is 7.06. The van der Waals surface area contributed by atoms with Crippen molar-refractivity contribution in [2.24, 2.45) is 11.5 Å². The fourth-order valence-corrected chi connectivity index (χ4v) is 3.45. The summed E-state index contributed by atoms with van der Waals surface area (Å²) in [7, 11) is 0. The fourth-order valence-electron chi connectivity index (χ4n) is 3.45. The van der Waals surface area contributed by atoms with E-state index in [4.69, 9.17) is 11.5 Å². The molecule has 0 aromatic carbocycles. The first-order valence-corrected chi connectivity index (χ1v) is 9.84. The molecule has 156 valence electrons. The molecule has 9 nitrogen and oxygen atoms in total. The number of hydrogen-bond acceptors (Lipinski definition) is 6.